The van der Waals surface area contributed by atoms with E-state index in [1.807, 2.05) is 13.8 Å². The fourth-order valence-corrected chi connectivity index (χ4v) is 2.92. The Morgan fingerprint density at radius 2 is 1.92 bits per heavy atom. The summed E-state index contributed by atoms with van der Waals surface area (Å²) in [6.45, 7) is 3.96. The summed E-state index contributed by atoms with van der Waals surface area (Å²) in [5.41, 5.74) is 1.17. The summed E-state index contributed by atoms with van der Waals surface area (Å²) in [7, 11) is 1.38. The van der Waals surface area contributed by atoms with Crippen LogP contribution in [0.4, 0.5) is 4.39 Å². The number of Topliss-reactive ketones (excluding diaryl/α,β-unsaturated/α-hetero) is 1. The van der Waals surface area contributed by atoms with Crippen LogP contribution in [0, 0.1) is 5.82 Å². The molecule has 1 amide bonds. The second-order valence-corrected chi connectivity index (χ2v) is 6.44. The molecule has 1 aliphatic rings. The molecule has 0 bridgehead atoms. The lowest BCUT2D eigenvalue weighted by atomic mass is 10.1. The Hall–Kier alpha value is -2.89. The molecule has 0 atom stereocenters. The van der Waals surface area contributed by atoms with Crippen molar-refractivity contribution in [1.82, 2.24) is 4.90 Å². The molecular weight excluding hydrogens is 337 g/mol. The van der Waals surface area contributed by atoms with E-state index in [0.717, 1.165) is 5.56 Å². The van der Waals surface area contributed by atoms with Gasteiger partial charge in [-0.2, -0.15) is 0 Å². The molecule has 0 spiro atoms. The molecule has 136 valence electrons. The van der Waals surface area contributed by atoms with Gasteiger partial charge in [-0.05, 0) is 43.7 Å². The van der Waals surface area contributed by atoms with Gasteiger partial charge in [0.2, 0.25) is 5.78 Å². The van der Waals surface area contributed by atoms with Gasteiger partial charge in [-0.3, -0.25) is 9.59 Å². The van der Waals surface area contributed by atoms with Gasteiger partial charge in [0.1, 0.15) is 11.6 Å². The maximum atomic E-state index is 13.0. The van der Waals surface area contributed by atoms with Crippen molar-refractivity contribution in [1.29, 1.82) is 0 Å². The third kappa shape index (κ3) is 3.40. The van der Waals surface area contributed by atoms with Crippen LogP contribution in [0.5, 0.6) is 0 Å². The largest absolute Gasteiger partial charge is 0.491 e. The Morgan fingerprint density at radius 1 is 1.23 bits per heavy atom. The minimum atomic E-state index is -0.358. The number of rotatable bonds is 6. The van der Waals surface area contributed by atoms with Crippen molar-refractivity contribution in [2.75, 3.05) is 13.7 Å². The second-order valence-electron chi connectivity index (χ2n) is 6.44. The van der Waals surface area contributed by atoms with Crippen molar-refractivity contribution >= 4 is 11.7 Å². The van der Waals surface area contributed by atoms with E-state index in [2.05, 4.69) is 0 Å². The van der Waals surface area contributed by atoms with Crippen LogP contribution >= 0.6 is 0 Å². The van der Waals surface area contributed by atoms with Crippen molar-refractivity contribution in [3.63, 3.8) is 0 Å². The van der Waals surface area contributed by atoms with E-state index < -0.39 is 0 Å². The summed E-state index contributed by atoms with van der Waals surface area (Å²) < 4.78 is 23.8. The molecule has 0 unspecified atom stereocenters. The zero-order valence-corrected chi connectivity index (χ0v) is 14.9. The van der Waals surface area contributed by atoms with Crippen molar-refractivity contribution in [3.8, 4) is 0 Å². The maximum Gasteiger partial charge on any atom is 0.289 e. The minimum Gasteiger partial charge on any atom is -0.491 e. The van der Waals surface area contributed by atoms with E-state index >= 15 is 0 Å². The van der Waals surface area contributed by atoms with E-state index in [1.165, 1.54) is 19.2 Å². The number of ketones is 1. The Balaban J connectivity index is 1.80. The van der Waals surface area contributed by atoms with Crippen LogP contribution in [0.2, 0.25) is 0 Å². The number of amides is 1. The van der Waals surface area contributed by atoms with Gasteiger partial charge in [0, 0.05) is 12.5 Å². The van der Waals surface area contributed by atoms with Crippen LogP contribution in [0.1, 0.15) is 35.7 Å². The molecule has 6 heteroatoms. The third-order valence-corrected chi connectivity index (χ3v) is 4.34. The molecule has 0 radical (unpaired) electrons. The van der Waals surface area contributed by atoms with Gasteiger partial charge in [-0.25, -0.2) is 4.39 Å². The first-order valence-electron chi connectivity index (χ1n) is 8.36. The quantitative estimate of drug-likeness (QED) is 0.744. The maximum absolute atomic E-state index is 13.0. The molecular formula is C20H20FNO4. The zero-order chi connectivity index (χ0) is 18.8. The fourth-order valence-electron chi connectivity index (χ4n) is 2.92. The van der Waals surface area contributed by atoms with E-state index in [0.29, 0.717) is 17.8 Å². The van der Waals surface area contributed by atoms with Crippen LogP contribution in [0.3, 0.4) is 0 Å². The van der Waals surface area contributed by atoms with Crippen LogP contribution in [0.15, 0.2) is 52.1 Å². The van der Waals surface area contributed by atoms with Gasteiger partial charge in [0.25, 0.3) is 5.91 Å². The number of methoxy groups -OCH3 is 1. The SMILES string of the molecule is COC1=C(C(=O)c2ccc(Cc3ccc(F)cc3)o2)CN(C(C)C)C1=O. The summed E-state index contributed by atoms with van der Waals surface area (Å²) in [5.74, 6) is -0.133. The van der Waals surface area contributed by atoms with Crippen molar-refractivity contribution in [3.05, 3.63) is 70.6 Å². The first-order chi connectivity index (χ1) is 12.4. The average molecular weight is 357 g/mol. The van der Waals surface area contributed by atoms with Crippen molar-refractivity contribution < 1.29 is 23.1 Å². The average Bonchev–Trinajstić information content (AvgIpc) is 3.20. The molecule has 0 saturated carbocycles. The number of carbonyl (C=O) groups is 2. The molecule has 2 aromatic rings. The van der Waals surface area contributed by atoms with Crippen LogP contribution in [0.25, 0.3) is 0 Å². The highest BCUT2D eigenvalue weighted by molar-refractivity contribution is 6.14. The monoisotopic (exact) mass is 357 g/mol. The molecule has 0 N–H and O–H groups in total. The molecule has 26 heavy (non-hydrogen) atoms. The second kappa shape index (κ2) is 7.15. The third-order valence-electron chi connectivity index (χ3n) is 4.34. The molecule has 1 aliphatic heterocycles. The van der Waals surface area contributed by atoms with Crippen molar-refractivity contribution in [2.24, 2.45) is 0 Å². The van der Waals surface area contributed by atoms with Gasteiger partial charge in [0.05, 0.1) is 19.2 Å². The first-order valence-corrected chi connectivity index (χ1v) is 8.36. The molecule has 0 aliphatic carbocycles. The molecule has 0 fully saturated rings. The summed E-state index contributed by atoms with van der Waals surface area (Å²) >= 11 is 0. The Kier molecular flexibility index (Phi) is 4.93. The highest BCUT2D eigenvalue weighted by atomic mass is 19.1. The van der Waals surface area contributed by atoms with Gasteiger partial charge in [-0.15, -0.1) is 0 Å². The van der Waals surface area contributed by atoms with Crippen molar-refractivity contribution in [2.45, 2.75) is 26.3 Å². The Morgan fingerprint density at radius 3 is 2.54 bits per heavy atom. The van der Waals surface area contributed by atoms with Gasteiger partial charge in [-0.1, -0.05) is 12.1 Å². The number of ether oxygens (including phenoxy) is 1. The lowest BCUT2D eigenvalue weighted by molar-refractivity contribution is -0.129. The smallest absolute Gasteiger partial charge is 0.289 e. The predicted octanol–water partition coefficient (Wildman–Crippen LogP) is 3.34. The number of hydrogen-bond acceptors (Lipinski definition) is 4. The van der Waals surface area contributed by atoms with Gasteiger partial charge < -0.3 is 14.1 Å². The summed E-state index contributed by atoms with van der Waals surface area (Å²) in [6, 6.07) is 9.35. The highest BCUT2D eigenvalue weighted by Crippen LogP contribution is 2.26. The van der Waals surface area contributed by atoms with E-state index in [4.69, 9.17) is 9.15 Å². The number of furan rings is 1. The predicted molar refractivity (Wildman–Crippen MR) is 93.1 cm³/mol. The lowest BCUT2D eigenvalue weighted by Crippen LogP contribution is -2.34. The van der Waals surface area contributed by atoms with E-state index in [1.54, 1.807) is 29.2 Å². The standard InChI is InChI=1S/C20H20FNO4/c1-12(2)22-11-16(19(25-3)20(22)24)18(23)17-9-8-15(26-17)10-13-4-6-14(21)7-5-13/h4-9,12H,10-11H2,1-3H3. The van der Waals surface area contributed by atoms with Crippen LogP contribution in [-0.2, 0) is 16.0 Å². The number of benzene rings is 1. The molecule has 1 aromatic carbocycles. The fraction of sp³-hybridized carbons (Fsp3) is 0.300. The number of nitrogens with zero attached hydrogens (tertiary/aromatic N) is 1. The summed E-state index contributed by atoms with van der Waals surface area (Å²) in [6.07, 6.45) is 0.445. The van der Waals surface area contributed by atoms with E-state index in [-0.39, 0.29) is 41.6 Å². The minimum absolute atomic E-state index is 0.0383. The number of hydrogen-bond donors (Lipinski definition) is 0. The molecule has 0 saturated heterocycles. The normalized spacial score (nSPS) is 14.5. The first kappa shape index (κ1) is 17.9. The Labute approximate surface area is 151 Å². The zero-order valence-electron chi connectivity index (χ0n) is 14.9. The number of carbonyl (C=O) groups excluding carboxylic acids is 2. The molecule has 2 heterocycles. The Bertz CT molecular complexity index is 864. The summed E-state index contributed by atoms with van der Waals surface area (Å²) in [4.78, 5) is 26.7. The topological polar surface area (TPSA) is 59.8 Å². The van der Waals surface area contributed by atoms with Gasteiger partial charge in [0.15, 0.2) is 11.5 Å². The molecule has 3 rings (SSSR count). The van der Waals surface area contributed by atoms with Gasteiger partial charge >= 0.3 is 0 Å². The summed E-state index contributed by atoms with van der Waals surface area (Å²) in [5, 5.41) is 0. The molecule has 5 nitrogen and oxygen atoms in total. The number of halogens is 1. The lowest BCUT2D eigenvalue weighted by Gasteiger charge is -2.20. The van der Waals surface area contributed by atoms with Crippen LogP contribution in [-0.4, -0.2) is 36.3 Å². The highest BCUT2D eigenvalue weighted by Gasteiger charge is 2.37. The van der Waals surface area contributed by atoms with Crippen LogP contribution < -0.4 is 0 Å². The molecule has 1 aromatic heterocycles. The van der Waals surface area contributed by atoms with E-state index in [9.17, 15) is 14.0 Å².